The van der Waals surface area contributed by atoms with E-state index in [0.717, 1.165) is 12.1 Å². The van der Waals surface area contributed by atoms with Gasteiger partial charge in [-0.15, -0.1) is 0 Å². The number of hydrogen-bond acceptors (Lipinski definition) is 3. The highest BCUT2D eigenvalue weighted by atomic mass is 16.3. The molecule has 2 rings (SSSR count). The second-order valence-corrected chi connectivity index (χ2v) is 5.86. The van der Waals surface area contributed by atoms with Crippen molar-refractivity contribution in [1.29, 1.82) is 0 Å². The molecule has 1 aliphatic heterocycles. The van der Waals surface area contributed by atoms with Crippen LogP contribution >= 0.6 is 0 Å². The van der Waals surface area contributed by atoms with E-state index in [2.05, 4.69) is 17.1 Å². The molecule has 19 heavy (non-hydrogen) atoms. The van der Waals surface area contributed by atoms with Gasteiger partial charge in [0.2, 0.25) is 0 Å². The maximum Gasteiger partial charge on any atom is 0.0992 e. The lowest BCUT2D eigenvalue weighted by molar-refractivity contribution is 0.0552. The molecule has 0 aliphatic carbocycles. The van der Waals surface area contributed by atoms with Crippen molar-refractivity contribution < 1.29 is 5.11 Å². The number of nitrogens with zero attached hydrogens (tertiary/aromatic N) is 1. The number of likely N-dealkylation sites (tertiary alicyclic amines) is 1. The number of rotatable bonds is 6. The largest absolute Gasteiger partial charge is 0.384 e. The zero-order chi connectivity index (χ0) is 13.7. The smallest absolute Gasteiger partial charge is 0.0992 e. The third-order valence-electron chi connectivity index (χ3n) is 4.07. The molecule has 0 saturated carbocycles. The molecule has 0 aromatic heterocycles. The van der Waals surface area contributed by atoms with E-state index in [4.69, 9.17) is 0 Å². The summed E-state index contributed by atoms with van der Waals surface area (Å²) in [4.78, 5) is 2.52. The second kappa shape index (κ2) is 6.51. The molecule has 2 unspecified atom stereocenters. The van der Waals surface area contributed by atoms with E-state index >= 15 is 0 Å². The SMILES string of the molecule is CC(CNCC(C)(O)c1ccccc1)N1CCCC1. The molecule has 1 fully saturated rings. The van der Waals surface area contributed by atoms with Crippen molar-refractivity contribution in [1.82, 2.24) is 10.2 Å². The molecule has 0 amide bonds. The first-order valence-electron chi connectivity index (χ1n) is 7.32. The number of benzene rings is 1. The van der Waals surface area contributed by atoms with E-state index in [9.17, 15) is 5.11 Å². The average Bonchev–Trinajstić information content (AvgIpc) is 2.93. The topological polar surface area (TPSA) is 35.5 Å². The summed E-state index contributed by atoms with van der Waals surface area (Å²) in [7, 11) is 0. The van der Waals surface area contributed by atoms with Crippen molar-refractivity contribution in [2.45, 2.75) is 38.3 Å². The van der Waals surface area contributed by atoms with Crippen LogP contribution in [0.4, 0.5) is 0 Å². The van der Waals surface area contributed by atoms with Crippen LogP contribution in [-0.4, -0.2) is 42.2 Å². The van der Waals surface area contributed by atoms with Crippen LogP contribution in [0, 0.1) is 0 Å². The van der Waals surface area contributed by atoms with Crippen LogP contribution in [0.1, 0.15) is 32.3 Å². The highest BCUT2D eigenvalue weighted by molar-refractivity contribution is 5.21. The Balaban J connectivity index is 1.78. The van der Waals surface area contributed by atoms with Gasteiger partial charge in [0.1, 0.15) is 0 Å². The van der Waals surface area contributed by atoms with Gasteiger partial charge in [0.15, 0.2) is 0 Å². The van der Waals surface area contributed by atoms with E-state index in [1.807, 2.05) is 37.3 Å². The minimum absolute atomic E-state index is 0.550. The summed E-state index contributed by atoms with van der Waals surface area (Å²) in [5, 5.41) is 13.9. The van der Waals surface area contributed by atoms with Gasteiger partial charge in [-0.1, -0.05) is 30.3 Å². The first-order valence-corrected chi connectivity index (χ1v) is 7.32. The van der Waals surface area contributed by atoms with Gasteiger partial charge in [-0.25, -0.2) is 0 Å². The van der Waals surface area contributed by atoms with Crippen molar-refractivity contribution in [3.8, 4) is 0 Å². The van der Waals surface area contributed by atoms with E-state index in [-0.39, 0.29) is 0 Å². The fourth-order valence-corrected chi connectivity index (χ4v) is 2.74. The molecule has 0 bridgehead atoms. The lowest BCUT2D eigenvalue weighted by Crippen LogP contribution is -2.43. The molecule has 1 aromatic rings. The fourth-order valence-electron chi connectivity index (χ4n) is 2.74. The Morgan fingerprint density at radius 3 is 2.53 bits per heavy atom. The molecule has 3 nitrogen and oxygen atoms in total. The Bertz CT molecular complexity index is 372. The summed E-state index contributed by atoms with van der Waals surface area (Å²) in [5.74, 6) is 0. The second-order valence-electron chi connectivity index (χ2n) is 5.86. The van der Waals surface area contributed by atoms with E-state index in [1.54, 1.807) is 0 Å². The van der Waals surface area contributed by atoms with Crippen molar-refractivity contribution >= 4 is 0 Å². The van der Waals surface area contributed by atoms with Gasteiger partial charge in [0, 0.05) is 19.1 Å². The van der Waals surface area contributed by atoms with Crippen LogP contribution in [0.3, 0.4) is 0 Å². The van der Waals surface area contributed by atoms with Gasteiger partial charge >= 0.3 is 0 Å². The van der Waals surface area contributed by atoms with Gasteiger partial charge in [0.05, 0.1) is 5.60 Å². The Kier molecular flexibility index (Phi) is 4.97. The summed E-state index contributed by atoms with van der Waals surface area (Å²) in [6.07, 6.45) is 2.65. The Morgan fingerprint density at radius 1 is 1.26 bits per heavy atom. The Morgan fingerprint density at radius 2 is 1.89 bits per heavy atom. The van der Waals surface area contributed by atoms with Crippen LogP contribution in [0.2, 0.25) is 0 Å². The van der Waals surface area contributed by atoms with Crippen LogP contribution < -0.4 is 5.32 Å². The monoisotopic (exact) mass is 262 g/mol. The maximum atomic E-state index is 10.5. The predicted molar refractivity (Wildman–Crippen MR) is 79.2 cm³/mol. The van der Waals surface area contributed by atoms with E-state index in [0.29, 0.717) is 12.6 Å². The van der Waals surface area contributed by atoms with Gasteiger partial charge in [-0.05, 0) is 45.3 Å². The minimum atomic E-state index is -0.800. The molecule has 106 valence electrons. The molecule has 0 spiro atoms. The molecule has 3 heteroatoms. The molecule has 0 radical (unpaired) electrons. The third kappa shape index (κ3) is 4.03. The number of aliphatic hydroxyl groups is 1. The first kappa shape index (κ1) is 14.5. The van der Waals surface area contributed by atoms with Crippen molar-refractivity contribution in [2.75, 3.05) is 26.2 Å². The van der Waals surface area contributed by atoms with Gasteiger partial charge in [0.25, 0.3) is 0 Å². The highest BCUT2D eigenvalue weighted by Crippen LogP contribution is 2.19. The molecule has 1 saturated heterocycles. The molecule has 2 atom stereocenters. The normalized spacial score (nSPS) is 21.2. The summed E-state index contributed by atoms with van der Waals surface area (Å²) in [6.45, 7) is 8.10. The van der Waals surface area contributed by atoms with Crippen LogP contribution in [0.15, 0.2) is 30.3 Å². The molecular weight excluding hydrogens is 236 g/mol. The quantitative estimate of drug-likeness (QED) is 0.823. The molecular formula is C16H26N2O. The molecule has 1 heterocycles. The summed E-state index contributed by atoms with van der Waals surface area (Å²) in [5.41, 5.74) is 0.169. The first-order chi connectivity index (χ1) is 9.09. The molecule has 2 N–H and O–H groups in total. The number of hydrogen-bond donors (Lipinski definition) is 2. The van der Waals surface area contributed by atoms with Gasteiger partial charge < -0.3 is 10.4 Å². The van der Waals surface area contributed by atoms with E-state index < -0.39 is 5.60 Å². The predicted octanol–water partition coefficient (Wildman–Crippen LogP) is 1.97. The Labute approximate surface area is 116 Å². The molecule has 1 aliphatic rings. The fraction of sp³-hybridized carbons (Fsp3) is 0.625. The maximum absolute atomic E-state index is 10.5. The summed E-state index contributed by atoms with van der Waals surface area (Å²) >= 11 is 0. The lowest BCUT2D eigenvalue weighted by atomic mass is 9.96. The number of nitrogens with one attached hydrogen (secondary N) is 1. The zero-order valence-corrected chi connectivity index (χ0v) is 12.1. The average molecular weight is 262 g/mol. The minimum Gasteiger partial charge on any atom is -0.384 e. The van der Waals surface area contributed by atoms with Crippen molar-refractivity contribution in [3.63, 3.8) is 0 Å². The van der Waals surface area contributed by atoms with Crippen LogP contribution in [0.25, 0.3) is 0 Å². The molecule has 1 aromatic carbocycles. The van der Waals surface area contributed by atoms with Crippen molar-refractivity contribution in [2.24, 2.45) is 0 Å². The van der Waals surface area contributed by atoms with Crippen LogP contribution in [-0.2, 0) is 5.60 Å². The zero-order valence-electron chi connectivity index (χ0n) is 12.1. The summed E-state index contributed by atoms with van der Waals surface area (Å²) < 4.78 is 0. The Hall–Kier alpha value is -0.900. The van der Waals surface area contributed by atoms with Gasteiger partial charge in [-0.3, -0.25) is 4.90 Å². The van der Waals surface area contributed by atoms with Crippen LogP contribution in [0.5, 0.6) is 0 Å². The standard InChI is InChI=1S/C16H26N2O/c1-14(18-10-6-7-11-18)12-17-13-16(2,19)15-8-4-3-5-9-15/h3-5,8-9,14,17,19H,6-7,10-13H2,1-2H3. The van der Waals surface area contributed by atoms with Crippen molar-refractivity contribution in [3.05, 3.63) is 35.9 Å². The van der Waals surface area contributed by atoms with E-state index in [1.165, 1.54) is 25.9 Å². The van der Waals surface area contributed by atoms with Gasteiger partial charge in [-0.2, -0.15) is 0 Å². The third-order valence-corrected chi connectivity index (χ3v) is 4.07. The highest BCUT2D eigenvalue weighted by Gasteiger charge is 2.23. The summed E-state index contributed by atoms with van der Waals surface area (Å²) in [6, 6.07) is 10.4. The lowest BCUT2D eigenvalue weighted by Gasteiger charge is -2.28.